The molecular weight excluding hydrogens is 253 g/mol. The number of rotatable bonds is 6. The Labute approximate surface area is 114 Å². The van der Waals surface area contributed by atoms with Crippen LogP contribution >= 0.6 is 23.2 Å². The van der Waals surface area contributed by atoms with Gasteiger partial charge in [0.25, 0.3) is 0 Å². The van der Waals surface area contributed by atoms with Crippen molar-refractivity contribution in [1.82, 2.24) is 5.32 Å². The Morgan fingerprint density at radius 1 is 1.29 bits per heavy atom. The average molecular weight is 272 g/mol. The van der Waals surface area contributed by atoms with Gasteiger partial charge in [-0.25, -0.2) is 0 Å². The first-order chi connectivity index (χ1) is 8.13. The van der Waals surface area contributed by atoms with Crippen molar-refractivity contribution in [3.05, 3.63) is 45.5 Å². The molecule has 3 heteroatoms. The second kappa shape index (κ2) is 7.75. The Bertz CT molecular complexity index is 386. The van der Waals surface area contributed by atoms with Crippen LogP contribution in [-0.2, 0) is 6.42 Å². The highest BCUT2D eigenvalue weighted by Gasteiger charge is 2.00. The largest absolute Gasteiger partial charge is 0.317 e. The summed E-state index contributed by atoms with van der Waals surface area (Å²) in [5, 5.41) is 4.55. The van der Waals surface area contributed by atoms with E-state index < -0.39 is 0 Å². The highest BCUT2D eigenvalue weighted by molar-refractivity contribution is 6.42. The van der Waals surface area contributed by atoms with Crippen LogP contribution in [0, 0.1) is 0 Å². The lowest BCUT2D eigenvalue weighted by atomic mass is 10.1. The number of nitrogens with one attached hydrogen (secondary N) is 1. The minimum Gasteiger partial charge on any atom is -0.317 e. The van der Waals surface area contributed by atoms with Crippen molar-refractivity contribution >= 4 is 23.2 Å². The van der Waals surface area contributed by atoms with E-state index in [0.29, 0.717) is 10.0 Å². The van der Waals surface area contributed by atoms with Crippen LogP contribution in [0.4, 0.5) is 0 Å². The third-order valence-electron chi connectivity index (χ3n) is 2.53. The summed E-state index contributed by atoms with van der Waals surface area (Å²) in [5.74, 6) is 0. The van der Waals surface area contributed by atoms with Crippen LogP contribution in [0.5, 0.6) is 0 Å². The number of hydrogen-bond donors (Lipinski definition) is 1. The number of halogens is 2. The minimum atomic E-state index is 0.615. The molecule has 0 heterocycles. The summed E-state index contributed by atoms with van der Waals surface area (Å²) in [5.41, 5.74) is 2.57. The van der Waals surface area contributed by atoms with E-state index in [1.807, 2.05) is 18.2 Å². The van der Waals surface area contributed by atoms with Crippen molar-refractivity contribution in [1.29, 1.82) is 0 Å². The molecule has 0 radical (unpaired) electrons. The molecule has 17 heavy (non-hydrogen) atoms. The van der Waals surface area contributed by atoms with Gasteiger partial charge in [-0.1, -0.05) is 47.8 Å². The van der Waals surface area contributed by atoms with Gasteiger partial charge in [-0.05, 0) is 50.6 Å². The lowest BCUT2D eigenvalue weighted by Gasteiger charge is -2.04. The third-order valence-corrected chi connectivity index (χ3v) is 3.27. The van der Waals surface area contributed by atoms with E-state index in [9.17, 15) is 0 Å². The van der Waals surface area contributed by atoms with Crippen molar-refractivity contribution in [2.75, 3.05) is 13.1 Å². The van der Waals surface area contributed by atoms with Gasteiger partial charge in [0.05, 0.1) is 10.0 Å². The molecule has 0 amide bonds. The fourth-order valence-electron chi connectivity index (χ4n) is 1.64. The van der Waals surface area contributed by atoms with Crippen molar-refractivity contribution < 1.29 is 0 Å². The molecule has 0 aliphatic carbocycles. The molecule has 1 aromatic rings. The van der Waals surface area contributed by atoms with E-state index in [1.165, 1.54) is 11.1 Å². The Balaban J connectivity index is 2.49. The van der Waals surface area contributed by atoms with E-state index in [1.54, 1.807) is 0 Å². The van der Waals surface area contributed by atoms with E-state index in [2.05, 4.69) is 25.2 Å². The molecular formula is C14H19Cl2N. The minimum absolute atomic E-state index is 0.615. The van der Waals surface area contributed by atoms with Gasteiger partial charge in [0, 0.05) is 0 Å². The lowest BCUT2D eigenvalue weighted by molar-refractivity contribution is 0.724. The molecule has 1 rings (SSSR count). The molecule has 0 aliphatic rings. The zero-order valence-electron chi connectivity index (χ0n) is 10.4. The highest BCUT2D eigenvalue weighted by atomic mass is 35.5. The topological polar surface area (TPSA) is 12.0 Å². The fraction of sp³-hybridized carbons (Fsp3) is 0.429. The molecule has 0 atom stereocenters. The summed E-state index contributed by atoms with van der Waals surface area (Å²) in [7, 11) is 0. The maximum Gasteiger partial charge on any atom is 0.0595 e. The van der Waals surface area contributed by atoms with E-state index in [4.69, 9.17) is 23.2 Å². The van der Waals surface area contributed by atoms with E-state index in [0.717, 1.165) is 25.9 Å². The van der Waals surface area contributed by atoms with Crippen molar-refractivity contribution in [3.8, 4) is 0 Å². The van der Waals surface area contributed by atoms with E-state index >= 15 is 0 Å². The first-order valence-corrected chi connectivity index (χ1v) is 6.69. The predicted molar refractivity (Wildman–Crippen MR) is 77.1 cm³/mol. The molecule has 1 N–H and O–H groups in total. The second-order valence-corrected chi connectivity index (χ2v) is 4.93. The maximum atomic E-state index is 5.98. The Hall–Kier alpha value is -0.500. The molecule has 0 aliphatic heterocycles. The van der Waals surface area contributed by atoms with Gasteiger partial charge in [-0.3, -0.25) is 0 Å². The Kier molecular flexibility index (Phi) is 6.64. The van der Waals surface area contributed by atoms with Gasteiger partial charge in [0.15, 0.2) is 0 Å². The second-order valence-electron chi connectivity index (χ2n) is 4.12. The smallest absolute Gasteiger partial charge is 0.0595 e. The zero-order valence-corrected chi connectivity index (χ0v) is 11.9. The zero-order chi connectivity index (χ0) is 12.7. The molecule has 0 spiro atoms. The van der Waals surface area contributed by atoms with Gasteiger partial charge in [-0.15, -0.1) is 0 Å². The summed E-state index contributed by atoms with van der Waals surface area (Å²) in [6.45, 7) is 6.33. The summed E-state index contributed by atoms with van der Waals surface area (Å²) < 4.78 is 0. The molecule has 0 unspecified atom stereocenters. The molecule has 94 valence electrons. The van der Waals surface area contributed by atoms with Gasteiger partial charge in [0.1, 0.15) is 0 Å². The lowest BCUT2D eigenvalue weighted by Crippen LogP contribution is -2.13. The first kappa shape index (κ1) is 14.6. The fourth-order valence-corrected chi connectivity index (χ4v) is 1.96. The molecule has 0 saturated carbocycles. The van der Waals surface area contributed by atoms with Crippen LogP contribution in [0.1, 0.15) is 25.8 Å². The summed E-state index contributed by atoms with van der Waals surface area (Å²) in [6, 6.07) is 5.81. The first-order valence-electron chi connectivity index (χ1n) is 5.93. The van der Waals surface area contributed by atoms with Gasteiger partial charge >= 0.3 is 0 Å². The Morgan fingerprint density at radius 2 is 2.06 bits per heavy atom. The van der Waals surface area contributed by atoms with Crippen molar-refractivity contribution in [2.24, 2.45) is 0 Å². The van der Waals surface area contributed by atoms with Crippen molar-refractivity contribution in [3.63, 3.8) is 0 Å². The molecule has 0 saturated heterocycles. The van der Waals surface area contributed by atoms with Crippen LogP contribution in [0.3, 0.4) is 0 Å². The van der Waals surface area contributed by atoms with Gasteiger partial charge in [-0.2, -0.15) is 0 Å². The van der Waals surface area contributed by atoms with E-state index in [-0.39, 0.29) is 0 Å². The monoisotopic (exact) mass is 271 g/mol. The average Bonchev–Trinajstić information content (AvgIpc) is 2.30. The van der Waals surface area contributed by atoms with Crippen molar-refractivity contribution in [2.45, 2.75) is 26.7 Å². The number of benzene rings is 1. The third kappa shape index (κ3) is 5.58. The van der Waals surface area contributed by atoms with Crippen LogP contribution in [0.25, 0.3) is 0 Å². The summed E-state index contributed by atoms with van der Waals surface area (Å²) in [6.07, 6.45) is 4.27. The predicted octanol–water partition coefficient (Wildman–Crippen LogP) is 4.48. The van der Waals surface area contributed by atoms with Gasteiger partial charge in [0.2, 0.25) is 0 Å². The highest BCUT2D eigenvalue weighted by Crippen LogP contribution is 2.23. The number of allylic oxidation sites excluding steroid dienone is 1. The SMILES string of the molecule is CCNCCC=C(C)Cc1ccc(Cl)c(Cl)c1. The van der Waals surface area contributed by atoms with Gasteiger partial charge < -0.3 is 5.32 Å². The van der Waals surface area contributed by atoms with Crippen LogP contribution in [0.15, 0.2) is 29.8 Å². The number of hydrogen-bond acceptors (Lipinski definition) is 1. The van der Waals surface area contributed by atoms with Crippen LogP contribution < -0.4 is 5.32 Å². The summed E-state index contributed by atoms with van der Waals surface area (Å²) >= 11 is 11.9. The maximum absolute atomic E-state index is 5.98. The molecule has 0 fully saturated rings. The standard InChI is InChI=1S/C14H19Cl2N/c1-3-17-8-4-5-11(2)9-12-6-7-13(15)14(16)10-12/h5-7,10,17H,3-4,8-9H2,1-2H3. The van der Waals surface area contributed by atoms with Crippen LogP contribution in [0.2, 0.25) is 10.0 Å². The molecule has 1 nitrogen and oxygen atoms in total. The van der Waals surface area contributed by atoms with Crippen LogP contribution in [-0.4, -0.2) is 13.1 Å². The normalized spacial score (nSPS) is 11.9. The summed E-state index contributed by atoms with van der Waals surface area (Å²) in [4.78, 5) is 0. The molecule has 0 aromatic heterocycles. The molecule has 0 bridgehead atoms. The molecule has 1 aromatic carbocycles. The quantitative estimate of drug-likeness (QED) is 0.594. The Morgan fingerprint density at radius 3 is 2.71 bits per heavy atom.